The zero-order valence-corrected chi connectivity index (χ0v) is 11.0. The lowest BCUT2D eigenvalue weighted by Gasteiger charge is -2.06. The van der Waals surface area contributed by atoms with E-state index in [1.165, 1.54) is 0 Å². The van der Waals surface area contributed by atoms with Gasteiger partial charge in [-0.1, -0.05) is 6.07 Å². The first-order chi connectivity index (χ1) is 9.85. The highest BCUT2D eigenvalue weighted by atomic mass is 16.3. The molecule has 5 nitrogen and oxygen atoms in total. The summed E-state index contributed by atoms with van der Waals surface area (Å²) in [6.07, 6.45) is 5.54. The maximum absolute atomic E-state index is 8.86. The largest absolute Gasteiger partial charge is 0.394 e. The van der Waals surface area contributed by atoms with Gasteiger partial charge in [-0.15, -0.1) is 0 Å². The predicted octanol–water partition coefficient (Wildman–Crippen LogP) is 2.04. The number of aliphatic hydroxyl groups excluding tert-OH is 1. The molecule has 0 radical (unpaired) electrons. The molecule has 2 heterocycles. The van der Waals surface area contributed by atoms with Crippen LogP contribution in [0.15, 0.2) is 48.9 Å². The van der Waals surface area contributed by atoms with Crippen LogP contribution in [0.1, 0.15) is 5.56 Å². The van der Waals surface area contributed by atoms with Crippen LogP contribution in [0.4, 0.5) is 5.69 Å². The van der Waals surface area contributed by atoms with Gasteiger partial charge in [0.1, 0.15) is 0 Å². The van der Waals surface area contributed by atoms with Crippen molar-refractivity contribution in [1.82, 2.24) is 14.8 Å². The molecular weight excluding hydrogens is 252 g/mol. The fourth-order valence-electron chi connectivity index (χ4n) is 2.11. The third-order valence-electron chi connectivity index (χ3n) is 3.12. The number of pyridine rings is 1. The van der Waals surface area contributed by atoms with Crippen LogP contribution in [0.2, 0.25) is 0 Å². The van der Waals surface area contributed by atoms with Gasteiger partial charge >= 0.3 is 0 Å². The molecule has 0 saturated carbocycles. The number of aliphatic hydroxyl groups is 1. The van der Waals surface area contributed by atoms with Crippen molar-refractivity contribution in [3.05, 3.63) is 54.5 Å². The number of rotatable bonds is 5. The molecule has 3 aromatic rings. The minimum absolute atomic E-state index is 0.103. The molecule has 0 bridgehead atoms. The van der Waals surface area contributed by atoms with E-state index in [9.17, 15) is 0 Å². The number of hydrogen-bond acceptors (Lipinski definition) is 4. The molecule has 2 N–H and O–H groups in total. The van der Waals surface area contributed by atoms with E-state index in [4.69, 9.17) is 5.11 Å². The highest BCUT2D eigenvalue weighted by Crippen LogP contribution is 2.17. The lowest BCUT2D eigenvalue weighted by atomic mass is 10.2. The third kappa shape index (κ3) is 2.78. The van der Waals surface area contributed by atoms with Crippen molar-refractivity contribution in [2.45, 2.75) is 13.1 Å². The first kappa shape index (κ1) is 12.6. The highest BCUT2D eigenvalue weighted by molar-refractivity contribution is 5.82. The normalized spacial score (nSPS) is 10.8. The molecule has 20 heavy (non-hydrogen) atoms. The van der Waals surface area contributed by atoms with Crippen LogP contribution < -0.4 is 5.32 Å². The van der Waals surface area contributed by atoms with E-state index in [0.29, 0.717) is 13.1 Å². The molecule has 2 aromatic heterocycles. The maximum atomic E-state index is 8.86. The van der Waals surface area contributed by atoms with Crippen molar-refractivity contribution in [2.24, 2.45) is 0 Å². The molecule has 0 fully saturated rings. The van der Waals surface area contributed by atoms with Crippen molar-refractivity contribution in [3.8, 4) is 0 Å². The standard InChI is InChI=1S/C15H16N4O/c20-7-6-19-11-12(10-18-19)9-17-14-3-4-15-13(8-14)2-1-5-16-15/h1-5,8,10-11,17,20H,6-7,9H2. The van der Waals surface area contributed by atoms with Crippen molar-refractivity contribution in [3.63, 3.8) is 0 Å². The molecule has 3 rings (SSSR count). The number of hydrogen-bond donors (Lipinski definition) is 2. The van der Waals surface area contributed by atoms with E-state index in [0.717, 1.165) is 22.2 Å². The zero-order chi connectivity index (χ0) is 13.8. The Kier molecular flexibility index (Phi) is 3.60. The molecular formula is C15H16N4O. The molecule has 5 heteroatoms. The second kappa shape index (κ2) is 5.71. The van der Waals surface area contributed by atoms with Crippen molar-refractivity contribution in [1.29, 1.82) is 0 Å². The fraction of sp³-hybridized carbons (Fsp3) is 0.200. The Hall–Kier alpha value is -2.40. The van der Waals surface area contributed by atoms with Gasteiger partial charge < -0.3 is 10.4 Å². The Labute approximate surface area is 116 Å². The molecule has 0 amide bonds. The lowest BCUT2D eigenvalue weighted by molar-refractivity contribution is 0.269. The summed E-state index contributed by atoms with van der Waals surface area (Å²) in [6, 6.07) is 10.1. The van der Waals surface area contributed by atoms with Gasteiger partial charge in [-0.3, -0.25) is 9.67 Å². The Bertz CT molecular complexity index is 708. The van der Waals surface area contributed by atoms with Gasteiger partial charge in [0.25, 0.3) is 0 Å². The number of nitrogens with zero attached hydrogens (tertiary/aromatic N) is 3. The van der Waals surface area contributed by atoms with Crippen LogP contribution >= 0.6 is 0 Å². The van der Waals surface area contributed by atoms with E-state index in [1.54, 1.807) is 10.9 Å². The van der Waals surface area contributed by atoms with Crippen LogP contribution in [-0.4, -0.2) is 26.5 Å². The summed E-state index contributed by atoms with van der Waals surface area (Å²) < 4.78 is 1.74. The minimum Gasteiger partial charge on any atom is -0.394 e. The second-order valence-electron chi connectivity index (χ2n) is 4.60. The Morgan fingerprint density at radius 2 is 2.20 bits per heavy atom. The zero-order valence-electron chi connectivity index (χ0n) is 11.0. The maximum Gasteiger partial charge on any atom is 0.0703 e. The average Bonchev–Trinajstić information content (AvgIpc) is 2.93. The molecule has 1 aromatic carbocycles. The van der Waals surface area contributed by atoms with Crippen LogP contribution in [0, 0.1) is 0 Å². The van der Waals surface area contributed by atoms with E-state index in [2.05, 4.69) is 21.5 Å². The van der Waals surface area contributed by atoms with Gasteiger partial charge in [-0.2, -0.15) is 5.10 Å². The van der Waals surface area contributed by atoms with Crippen LogP contribution in [-0.2, 0) is 13.1 Å². The smallest absolute Gasteiger partial charge is 0.0703 e. The number of anilines is 1. The van der Waals surface area contributed by atoms with Crippen molar-refractivity contribution >= 4 is 16.6 Å². The first-order valence-corrected chi connectivity index (χ1v) is 6.56. The predicted molar refractivity (Wildman–Crippen MR) is 78.4 cm³/mol. The second-order valence-corrected chi connectivity index (χ2v) is 4.60. The van der Waals surface area contributed by atoms with Gasteiger partial charge in [0, 0.05) is 35.6 Å². The molecule has 0 aliphatic carbocycles. The summed E-state index contributed by atoms with van der Waals surface area (Å²) in [5.41, 5.74) is 3.14. The van der Waals surface area contributed by atoms with Gasteiger partial charge in [-0.05, 0) is 24.3 Å². The summed E-state index contributed by atoms with van der Waals surface area (Å²) in [5, 5.41) is 17.5. The van der Waals surface area contributed by atoms with Crippen LogP contribution in [0.5, 0.6) is 0 Å². The van der Waals surface area contributed by atoms with Crippen molar-refractivity contribution < 1.29 is 5.11 Å². The van der Waals surface area contributed by atoms with Crippen molar-refractivity contribution in [2.75, 3.05) is 11.9 Å². The summed E-state index contributed by atoms with van der Waals surface area (Å²) >= 11 is 0. The SMILES string of the molecule is OCCn1cc(CNc2ccc3ncccc3c2)cn1. The summed E-state index contributed by atoms with van der Waals surface area (Å²) in [6.45, 7) is 1.34. The van der Waals surface area contributed by atoms with Crippen LogP contribution in [0.3, 0.4) is 0 Å². The first-order valence-electron chi connectivity index (χ1n) is 6.56. The van der Waals surface area contributed by atoms with Gasteiger partial charge in [0.05, 0.1) is 24.9 Å². The highest BCUT2D eigenvalue weighted by Gasteiger charge is 2.00. The monoisotopic (exact) mass is 268 g/mol. The topological polar surface area (TPSA) is 63.0 Å². The van der Waals surface area contributed by atoms with E-state index >= 15 is 0 Å². The molecule has 0 saturated heterocycles. The van der Waals surface area contributed by atoms with Gasteiger partial charge in [0.15, 0.2) is 0 Å². The number of fused-ring (bicyclic) bond motifs is 1. The summed E-state index contributed by atoms with van der Waals surface area (Å²) in [4.78, 5) is 4.30. The average molecular weight is 268 g/mol. The third-order valence-corrected chi connectivity index (χ3v) is 3.12. The van der Waals surface area contributed by atoms with Gasteiger partial charge in [0.2, 0.25) is 0 Å². The summed E-state index contributed by atoms with van der Waals surface area (Å²) in [7, 11) is 0. The van der Waals surface area contributed by atoms with E-state index < -0.39 is 0 Å². The molecule has 0 unspecified atom stereocenters. The Balaban J connectivity index is 1.69. The fourth-order valence-corrected chi connectivity index (χ4v) is 2.11. The van der Waals surface area contributed by atoms with E-state index in [-0.39, 0.29) is 6.61 Å². The summed E-state index contributed by atoms with van der Waals surface area (Å²) in [5.74, 6) is 0. The Morgan fingerprint density at radius 1 is 1.25 bits per heavy atom. The molecule has 102 valence electrons. The van der Waals surface area contributed by atoms with E-state index in [1.807, 2.05) is 36.7 Å². The van der Waals surface area contributed by atoms with Gasteiger partial charge in [-0.25, -0.2) is 0 Å². The quantitative estimate of drug-likeness (QED) is 0.743. The molecule has 0 spiro atoms. The Morgan fingerprint density at radius 3 is 3.10 bits per heavy atom. The molecule has 0 atom stereocenters. The molecule has 0 aliphatic rings. The minimum atomic E-state index is 0.103. The van der Waals surface area contributed by atoms with Crippen LogP contribution in [0.25, 0.3) is 10.9 Å². The number of aromatic nitrogens is 3. The number of nitrogens with one attached hydrogen (secondary N) is 1. The lowest BCUT2D eigenvalue weighted by Crippen LogP contribution is -2.02. The number of benzene rings is 1. The molecule has 0 aliphatic heterocycles.